The Morgan fingerprint density at radius 2 is 1.93 bits per heavy atom. The summed E-state index contributed by atoms with van der Waals surface area (Å²) in [6, 6.07) is 7.07. The quantitative estimate of drug-likeness (QED) is 0.763. The highest BCUT2D eigenvalue weighted by atomic mass is 16.5. The van der Waals surface area contributed by atoms with E-state index in [9.17, 15) is 9.90 Å². The Morgan fingerprint density at radius 3 is 2.60 bits per heavy atom. The summed E-state index contributed by atoms with van der Waals surface area (Å²) in [5, 5.41) is 10.2. The third-order valence-corrected chi connectivity index (χ3v) is 6.10. The highest BCUT2D eigenvalue weighted by Gasteiger charge is 2.34. The predicted molar refractivity (Wildman–Crippen MR) is 113 cm³/mol. The van der Waals surface area contributed by atoms with Gasteiger partial charge in [-0.1, -0.05) is 19.1 Å². The van der Waals surface area contributed by atoms with Crippen LogP contribution in [0.2, 0.25) is 0 Å². The average Bonchev–Trinajstić information content (AvgIpc) is 3.07. The first-order chi connectivity index (χ1) is 14.5. The second-order valence-electron chi connectivity index (χ2n) is 8.12. The van der Waals surface area contributed by atoms with Crippen LogP contribution in [-0.2, 0) is 11.2 Å². The molecule has 160 valence electrons. The molecule has 2 heterocycles. The second-order valence-corrected chi connectivity index (χ2v) is 8.12. The number of carbonyl (C=O) groups excluding carboxylic acids is 1. The average molecular weight is 412 g/mol. The fourth-order valence-electron chi connectivity index (χ4n) is 4.43. The summed E-state index contributed by atoms with van der Waals surface area (Å²) in [5.41, 5.74) is 9.02. The summed E-state index contributed by atoms with van der Waals surface area (Å²) in [5.74, 6) is 1.87. The fourth-order valence-corrected chi connectivity index (χ4v) is 4.43. The summed E-state index contributed by atoms with van der Waals surface area (Å²) in [4.78, 5) is 25.7. The van der Waals surface area contributed by atoms with Crippen molar-refractivity contribution in [2.24, 2.45) is 5.73 Å². The molecule has 1 saturated heterocycles. The number of aromatic nitrogens is 2. The van der Waals surface area contributed by atoms with Gasteiger partial charge in [0.1, 0.15) is 17.9 Å². The van der Waals surface area contributed by atoms with Crippen molar-refractivity contribution in [1.82, 2.24) is 14.9 Å². The van der Waals surface area contributed by atoms with E-state index in [1.807, 2.05) is 29.2 Å². The van der Waals surface area contributed by atoms with Gasteiger partial charge in [0.05, 0.1) is 24.9 Å². The first-order valence-electron chi connectivity index (χ1n) is 10.4. The summed E-state index contributed by atoms with van der Waals surface area (Å²) in [6.07, 6.45) is 2.19. The van der Waals surface area contributed by atoms with Gasteiger partial charge in [0.2, 0.25) is 5.91 Å². The minimum atomic E-state index is -0.566. The van der Waals surface area contributed by atoms with Crippen molar-refractivity contribution >= 4 is 11.7 Å². The molecule has 0 radical (unpaired) electrons. The molecule has 3 atom stereocenters. The number of carbonyl (C=O) groups is 1. The number of rotatable bonds is 5. The summed E-state index contributed by atoms with van der Waals surface area (Å²) < 4.78 is 5.17. The molecular weight excluding hydrogens is 382 g/mol. The van der Waals surface area contributed by atoms with Gasteiger partial charge in [0, 0.05) is 31.7 Å². The van der Waals surface area contributed by atoms with Gasteiger partial charge >= 0.3 is 0 Å². The van der Waals surface area contributed by atoms with E-state index in [0.29, 0.717) is 39.0 Å². The number of amides is 1. The predicted octanol–water partition coefficient (Wildman–Crippen LogP) is 1.24. The van der Waals surface area contributed by atoms with Crippen LogP contribution in [-0.4, -0.2) is 65.2 Å². The Bertz CT molecular complexity index is 896. The SMILES string of the molecule is COc1ccc(C[C@@H](N)C(=O)N2CCN(c3ncnc4c3[C@H](C)C[C@H]4O)CC2)cc1. The van der Waals surface area contributed by atoms with Gasteiger partial charge in [-0.15, -0.1) is 0 Å². The Kier molecular flexibility index (Phi) is 5.87. The minimum absolute atomic E-state index is 0.0258. The zero-order chi connectivity index (χ0) is 21.3. The van der Waals surface area contributed by atoms with Crippen molar-refractivity contribution in [3.05, 3.63) is 47.4 Å². The first kappa shape index (κ1) is 20.6. The number of methoxy groups -OCH3 is 1. The fraction of sp³-hybridized carbons (Fsp3) is 0.500. The maximum atomic E-state index is 12.9. The van der Waals surface area contributed by atoms with Crippen LogP contribution in [0.5, 0.6) is 5.75 Å². The van der Waals surface area contributed by atoms with E-state index in [2.05, 4.69) is 21.8 Å². The Morgan fingerprint density at radius 1 is 1.23 bits per heavy atom. The van der Waals surface area contributed by atoms with Crippen molar-refractivity contribution in [3.63, 3.8) is 0 Å². The van der Waals surface area contributed by atoms with E-state index in [-0.39, 0.29) is 11.8 Å². The number of benzene rings is 1. The number of nitrogens with two attached hydrogens (primary N) is 1. The molecule has 2 aromatic rings. The van der Waals surface area contributed by atoms with Gasteiger partial charge in [-0.05, 0) is 36.5 Å². The highest BCUT2D eigenvalue weighted by molar-refractivity contribution is 5.82. The molecule has 2 aliphatic rings. The van der Waals surface area contributed by atoms with Crippen LogP contribution in [0, 0.1) is 0 Å². The third kappa shape index (κ3) is 3.97. The molecule has 8 nitrogen and oxygen atoms in total. The largest absolute Gasteiger partial charge is 0.497 e. The van der Waals surface area contributed by atoms with Crippen molar-refractivity contribution in [2.45, 2.75) is 37.8 Å². The molecule has 1 aliphatic carbocycles. The number of aliphatic hydroxyl groups is 1. The van der Waals surface area contributed by atoms with Gasteiger partial charge < -0.3 is 25.4 Å². The number of nitrogens with zero attached hydrogens (tertiary/aromatic N) is 4. The van der Waals surface area contributed by atoms with Crippen LogP contribution in [0.15, 0.2) is 30.6 Å². The number of aliphatic hydroxyl groups excluding tert-OH is 1. The molecule has 0 saturated carbocycles. The van der Waals surface area contributed by atoms with Gasteiger partial charge in [-0.2, -0.15) is 0 Å². The molecule has 1 aliphatic heterocycles. The lowest BCUT2D eigenvalue weighted by atomic mass is 10.0. The Balaban J connectivity index is 1.37. The van der Waals surface area contributed by atoms with Crippen LogP contribution in [0.3, 0.4) is 0 Å². The van der Waals surface area contributed by atoms with E-state index >= 15 is 0 Å². The topological polar surface area (TPSA) is 105 Å². The zero-order valence-electron chi connectivity index (χ0n) is 17.5. The maximum Gasteiger partial charge on any atom is 0.239 e. The van der Waals surface area contributed by atoms with E-state index in [1.54, 1.807) is 7.11 Å². The van der Waals surface area contributed by atoms with E-state index < -0.39 is 12.1 Å². The number of ether oxygens (including phenoxy) is 1. The number of hydrogen-bond acceptors (Lipinski definition) is 7. The molecule has 1 amide bonds. The van der Waals surface area contributed by atoms with Crippen LogP contribution < -0.4 is 15.4 Å². The zero-order valence-corrected chi connectivity index (χ0v) is 17.5. The maximum absolute atomic E-state index is 12.9. The third-order valence-electron chi connectivity index (χ3n) is 6.10. The second kappa shape index (κ2) is 8.57. The molecule has 1 aromatic carbocycles. The van der Waals surface area contributed by atoms with Gasteiger partial charge in [-0.3, -0.25) is 4.79 Å². The summed E-state index contributed by atoms with van der Waals surface area (Å²) >= 11 is 0. The highest BCUT2D eigenvalue weighted by Crippen LogP contribution is 2.42. The molecule has 3 N–H and O–H groups in total. The van der Waals surface area contributed by atoms with Crippen LogP contribution >= 0.6 is 0 Å². The van der Waals surface area contributed by atoms with E-state index in [0.717, 1.165) is 28.4 Å². The number of fused-ring (bicyclic) bond motifs is 1. The van der Waals surface area contributed by atoms with E-state index in [4.69, 9.17) is 10.5 Å². The molecule has 30 heavy (non-hydrogen) atoms. The first-order valence-corrected chi connectivity index (χ1v) is 10.4. The molecular formula is C22H29N5O3. The van der Waals surface area contributed by atoms with Crippen LogP contribution in [0.4, 0.5) is 5.82 Å². The van der Waals surface area contributed by atoms with Crippen LogP contribution in [0.25, 0.3) is 0 Å². The summed E-state index contributed by atoms with van der Waals surface area (Å²) in [7, 11) is 1.63. The normalized spacial score (nSPS) is 22.0. The Labute approximate surface area is 176 Å². The lowest BCUT2D eigenvalue weighted by Gasteiger charge is -2.37. The lowest BCUT2D eigenvalue weighted by molar-refractivity contribution is -0.132. The van der Waals surface area contributed by atoms with Crippen LogP contribution in [0.1, 0.15) is 42.2 Å². The van der Waals surface area contributed by atoms with Gasteiger partial charge in [0.15, 0.2) is 0 Å². The molecule has 0 spiro atoms. The number of piperazine rings is 1. The number of anilines is 1. The smallest absolute Gasteiger partial charge is 0.239 e. The monoisotopic (exact) mass is 411 g/mol. The number of hydrogen-bond donors (Lipinski definition) is 2. The summed E-state index contributed by atoms with van der Waals surface area (Å²) in [6.45, 7) is 4.68. The molecule has 0 unspecified atom stereocenters. The van der Waals surface area contributed by atoms with E-state index in [1.165, 1.54) is 6.33 Å². The molecule has 0 bridgehead atoms. The molecule has 8 heteroatoms. The molecule has 1 fully saturated rings. The molecule has 4 rings (SSSR count). The van der Waals surface area contributed by atoms with Crippen molar-refractivity contribution < 1.29 is 14.6 Å². The van der Waals surface area contributed by atoms with Crippen molar-refractivity contribution in [3.8, 4) is 5.75 Å². The van der Waals surface area contributed by atoms with Gasteiger partial charge in [0.25, 0.3) is 0 Å². The standard InChI is InChI=1S/C22H29N5O3/c1-14-11-18(28)20-19(14)21(25-13-24-20)26-7-9-27(10-8-26)22(29)17(23)12-15-3-5-16(30-2)6-4-15/h3-6,13-14,17-18,28H,7-12,23H2,1-2H3/t14-,17-,18-/m1/s1. The molecule has 1 aromatic heterocycles. The minimum Gasteiger partial charge on any atom is -0.497 e. The lowest BCUT2D eigenvalue weighted by Crippen LogP contribution is -2.54. The van der Waals surface area contributed by atoms with Crippen molar-refractivity contribution in [1.29, 1.82) is 0 Å². The Hall–Kier alpha value is -2.71. The van der Waals surface area contributed by atoms with Crippen molar-refractivity contribution in [2.75, 3.05) is 38.2 Å². The van der Waals surface area contributed by atoms with Gasteiger partial charge in [-0.25, -0.2) is 9.97 Å².